The number of amides is 3. The Morgan fingerprint density at radius 3 is 2.30 bits per heavy atom. The normalized spacial score (nSPS) is 34.3. The maximum Gasteiger partial charge on any atom is 0.255 e. The monoisotopic (exact) mass is 547 g/mol. The van der Waals surface area contributed by atoms with E-state index in [0.717, 1.165) is 74.6 Å². The van der Waals surface area contributed by atoms with Crippen molar-refractivity contribution in [3.05, 3.63) is 34.9 Å². The molecule has 40 heavy (non-hydrogen) atoms. The molecule has 1 aromatic carbocycles. The molecule has 3 amide bonds. The van der Waals surface area contributed by atoms with E-state index in [1.54, 1.807) is 4.90 Å². The van der Waals surface area contributed by atoms with Gasteiger partial charge in [-0.2, -0.15) is 0 Å². The molecule has 2 N–H and O–H groups in total. The number of hydrogen-bond donors (Lipinski definition) is 2. The van der Waals surface area contributed by atoms with Gasteiger partial charge in [0.15, 0.2) is 0 Å². The number of piperidine rings is 1. The molecule has 1 unspecified atom stereocenters. The second kappa shape index (κ2) is 10.8. The number of benzene rings is 1. The standard InChI is InChI=1S/C32H45N5O3/c38-29-6-5-28(30(39)34-29)37-21-27-25(3-1-4-26(27)31(37)40)7-11-35-9-2-10-36(14-13-35)12-8-33-32-18-22-15-23(19-32)17-24(16-22)20-32/h1,3-4,22-24,28,33H,2,5-21H2,(H,34,38,39). The van der Waals surface area contributed by atoms with Crippen LogP contribution in [0.1, 0.15) is 79.3 Å². The molecule has 8 heteroatoms. The summed E-state index contributed by atoms with van der Waals surface area (Å²) in [5, 5.41) is 6.49. The van der Waals surface area contributed by atoms with E-state index < -0.39 is 6.04 Å². The average molecular weight is 548 g/mol. The van der Waals surface area contributed by atoms with Crippen LogP contribution in [0.3, 0.4) is 0 Å². The molecule has 7 aliphatic rings. The van der Waals surface area contributed by atoms with Crippen LogP contribution in [0.5, 0.6) is 0 Å². The van der Waals surface area contributed by atoms with E-state index in [-0.39, 0.29) is 24.1 Å². The minimum absolute atomic E-state index is 0.0843. The SMILES string of the molecule is O=C1CCC(N2Cc3c(CCN4CCCN(CCNC56CC7CC(CC(C7)C5)C6)CC4)cccc3C2=O)C(=O)N1. The lowest BCUT2D eigenvalue weighted by atomic mass is 9.53. The highest BCUT2D eigenvalue weighted by molar-refractivity contribution is 6.05. The van der Waals surface area contributed by atoms with Gasteiger partial charge in [0.1, 0.15) is 6.04 Å². The van der Waals surface area contributed by atoms with E-state index in [9.17, 15) is 14.4 Å². The van der Waals surface area contributed by atoms with Crippen LogP contribution in [0.25, 0.3) is 0 Å². The Hall–Kier alpha value is -2.29. The number of rotatable bonds is 8. The molecule has 0 aromatic heterocycles. The van der Waals surface area contributed by atoms with Crippen molar-refractivity contribution in [3.8, 4) is 0 Å². The maximum absolute atomic E-state index is 13.2. The van der Waals surface area contributed by atoms with Gasteiger partial charge in [0, 0.05) is 56.8 Å². The molecule has 1 atom stereocenters. The summed E-state index contributed by atoms with van der Waals surface area (Å²) in [6.45, 7) is 8.24. The first kappa shape index (κ1) is 26.6. The Labute approximate surface area is 238 Å². The molecule has 3 heterocycles. The molecule has 3 aliphatic heterocycles. The molecule has 4 aliphatic carbocycles. The number of nitrogens with one attached hydrogen (secondary N) is 2. The number of carbonyl (C=O) groups excluding carboxylic acids is 3. The Bertz CT molecular complexity index is 1130. The topological polar surface area (TPSA) is 85.0 Å². The first-order valence-electron chi connectivity index (χ1n) is 15.9. The first-order chi connectivity index (χ1) is 19.4. The molecule has 4 saturated carbocycles. The summed E-state index contributed by atoms with van der Waals surface area (Å²) < 4.78 is 0. The van der Waals surface area contributed by atoms with Crippen LogP contribution in [0, 0.1) is 17.8 Å². The third-order valence-corrected chi connectivity index (χ3v) is 11.0. The number of fused-ring (bicyclic) bond motifs is 1. The minimum atomic E-state index is -0.556. The van der Waals surface area contributed by atoms with E-state index in [1.807, 2.05) is 12.1 Å². The summed E-state index contributed by atoms with van der Waals surface area (Å²) in [4.78, 5) is 44.1. The number of hydrogen-bond acceptors (Lipinski definition) is 6. The van der Waals surface area contributed by atoms with Gasteiger partial charge in [0.05, 0.1) is 0 Å². The Kier molecular flexibility index (Phi) is 7.21. The molecule has 216 valence electrons. The minimum Gasteiger partial charge on any atom is -0.322 e. The summed E-state index contributed by atoms with van der Waals surface area (Å²) >= 11 is 0. The van der Waals surface area contributed by atoms with Gasteiger partial charge in [-0.25, -0.2) is 0 Å². The van der Waals surface area contributed by atoms with Crippen molar-refractivity contribution in [3.63, 3.8) is 0 Å². The summed E-state index contributed by atoms with van der Waals surface area (Å²) in [5.74, 6) is 2.31. The quantitative estimate of drug-likeness (QED) is 0.487. The van der Waals surface area contributed by atoms with Gasteiger partial charge >= 0.3 is 0 Å². The van der Waals surface area contributed by atoms with Crippen molar-refractivity contribution < 1.29 is 14.4 Å². The molecule has 2 saturated heterocycles. The predicted molar refractivity (Wildman–Crippen MR) is 153 cm³/mol. The van der Waals surface area contributed by atoms with Crippen LogP contribution in [0.2, 0.25) is 0 Å². The molecule has 1 aromatic rings. The predicted octanol–water partition coefficient (Wildman–Crippen LogP) is 2.56. The zero-order chi connectivity index (χ0) is 27.3. The Morgan fingerprint density at radius 2 is 1.60 bits per heavy atom. The van der Waals surface area contributed by atoms with Crippen LogP contribution >= 0.6 is 0 Å². The molecule has 0 radical (unpaired) electrons. The van der Waals surface area contributed by atoms with Gasteiger partial charge in [-0.15, -0.1) is 0 Å². The van der Waals surface area contributed by atoms with E-state index in [0.29, 0.717) is 18.5 Å². The first-order valence-corrected chi connectivity index (χ1v) is 15.9. The van der Waals surface area contributed by atoms with Crippen molar-refractivity contribution in [1.82, 2.24) is 25.3 Å². The van der Waals surface area contributed by atoms with Crippen LogP contribution < -0.4 is 10.6 Å². The number of imide groups is 1. The summed E-state index contributed by atoms with van der Waals surface area (Å²) in [5.41, 5.74) is 3.44. The second-order valence-corrected chi connectivity index (χ2v) is 13.8. The zero-order valence-electron chi connectivity index (χ0n) is 23.8. The van der Waals surface area contributed by atoms with E-state index >= 15 is 0 Å². The maximum atomic E-state index is 13.2. The Balaban J connectivity index is 0.895. The second-order valence-electron chi connectivity index (χ2n) is 13.8. The third-order valence-electron chi connectivity index (χ3n) is 11.0. The van der Waals surface area contributed by atoms with Crippen molar-refractivity contribution in [1.29, 1.82) is 0 Å². The molecular weight excluding hydrogens is 502 g/mol. The lowest BCUT2D eigenvalue weighted by Crippen LogP contribution is -2.59. The van der Waals surface area contributed by atoms with E-state index in [4.69, 9.17) is 0 Å². The molecular formula is C32H45N5O3. The lowest BCUT2D eigenvalue weighted by Gasteiger charge is -2.57. The van der Waals surface area contributed by atoms with Crippen LogP contribution in [-0.2, 0) is 22.6 Å². The van der Waals surface area contributed by atoms with Gasteiger partial charge in [0.25, 0.3) is 5.91 Å². The molecule has 8 rings (SSSR count). The van der Waals surface area contributed by atoms with Crippen molar-refractivity contribution in [2.24, 2.45) is 17.8 Å². The van der Waals surface area contributed by atoms with Crippen molar-refractivity contribution in [2.75, 3.05) is 45.8 Å². The summed E-state index contributed by atoms with van der Waals surface area (Å²) in [7, 11) is 0. The highest BCUT2D eigenvalue weighted by Gasteiger charge is 2.50. The van der Waals surface area contributed by atoms with Crippen LogP contribution in [-0.4, -0.2) is 89.8 Å². The Morgan fingerprint density at radius 1 is 0.900 bits per heavy atom. The lowest BCUT2D eigenvalue weighted by molar-refractivity contribution is -0.136. The smallest absolute Gasteiger partial charge is 0.255 e. The highest BCUT2D eigenvalue weighted by atomic mass is 16.2. The van der Waals surface area contributed by atoms with Gasteiger partial charge in [-0.3, -0.25) is 19.7 Å². The molecule has 0 spiro atoms. The zero-order valence-corrected chi connectivity index (χ0v) is 23.8. The van der Waals surface area contributed by atoms with Crippen molar-refractivity contribution >= 4 is 17.7 Å². The largest absolute Gasteiger partial charge is 0.322 e. The molecule has 6 fully saturated rings. The van der Waals surface area contributed by atoms with Gasteiger partial charge in [-0.1, -0.05) is 12.1 Å². The third kappa shape index (κ3) is 5.23. The van der Waals surface area contributed by atoms with E-state index in [2.05, 4.69) is 26.5 Å². The van der Waals surface area contributed by atoms with Gasteiger partial charge in [-0.05, 0) is 106 Å². The fourth-order valence-electron chi connectivity index (χ4n) is 9.44. The summed E-state index contributed by atoms with van der Waals surface area (Å²) in [6, 6.07) is 5.44. The van der Waals surface area contributed by atoms with Gasteiger partial charge < -0.3 is 20.0 Å². The fourth-order valence-corrected chi connectivity index (χ4v) is 9.44. The van der Waals surface area contributed by atoms with Crippen molar-refractivity contribution in [2.45, 2.75) is 82.3 Å². The fraction of sp³-hybridized carbons (Fsp3) is 0.719. The van der Waals surface area contributed by atoms with Crippen LogP contribution in [0.4, 0.5) is 0 Å². The number of carbonyl (C=O) groups is 3. The highest BCUT2D eigenvalue weighted by Crippen LogP contribution is 2.55. The molecule has 4 bridgehead atoms. The van der Waals surface area contributed by atoms with Crippen LogP contribution in [0.15, 0.2) is 18.2 Å². The average Bonchev–Trinajstić information content (AvgIpc) is 3.09. The van der Waals surface area contributed by atoms with Gasteiger partial charge in [0.2, 0.25) is 11.8 Å². The molecule has 8 nitrogen and oxygen atoms in total. The number of nitrogens with zero attached hydrogens (tertiary/aromatic N) is 3. The summed E-state index contributed by atoms with van der Waals surface area (Å²) in [6.07, 6.45) is 11.6. The van der Waals surface area contributed by atoms with E-state index in [1.165, 1.54) is 57.1 Å².